The van der Waals surface area contributed by atoms with Gasteiger partial charge in [0, 0.05) is 6.04 Å². The molecule has 0 bridgehead atoms. The average molecular weight is 147 g/mol. The van der Waals surface area contributed by atoms with Gasteiger partial charge >= 0.3 is 5.97 Å². The van der Waals surface area contributed by atoms with E-state index >= 15 is 0 Å². The number of rotatable bonds is 3. The average Bonchev–Trinajstić information content (AvgIpc) is 1.87. The third-order valence-corrected chi connectivity index (χ3v) is 1.25. The number of hydrogen-bond acceptors (Lipinski definition) is 4. The Bertz CT molecular complexity index is 114. The molecule has 3 N–H and O–H groups in total. The molecule has 0 aliphatic carbocycles. The van der Waals surface area contributed by atoms with E-state index in [0.717, 1.165) is 0 Å². The second-order valence-electron chi connectivity index (χ2n) is 2.18. The Kier molecular flexibility index (Phi) is 3.99. The molecule has 0 aliphatic heterocycles. The van der Waals surface area contributed by atoms with Gasteiger partial charge in [0.2, 0.25) is 0 Å². The van der Waals surface area contributed by atoms with E-state index in [1.54, 1.807) is 0 Å². The van der Waals surface area contributed by atoms with Gasteiger partial charge in [-0.15, -0.1) is 0 Å². The summed E-state index contributed by atoms with van der Waals surface area (Å²) < 4.78 is 4.34. The van der Waals surface area contributed by atoms with E-state index in [2.05, 4.69) is 4.74 Å². The number of ether oxygens (including phenoxy) is 1. The molecule has 0 amide bonds. The monoisotopic (exact) mass is 147 g/mol. The summed E-state index contributed by atoms with van der Waals surface area (Å²) in [5.74, 6) is -0.395. The standard InChI is InChI=1S/C6H13NO3/c1-4(8)5(7)3-6(9)10-2/h4-5,8H,3,7H2,1-2H3/t4?,5-/m0/s1. The first-order valence-electron chi connectivity index (χ1n) is 3.08. The van der Waals surface area contributed by atoms with Crippen LogP contribution in [0.15, 0.2) is 0 Å². The van der Waals surface area contributed by atoms with Crippen LogP contribution in [0.3, 0.4) is 0 Å². The summed E-state index contributed by atoms with van der Waals surface area (Å²) in [6.45, 7) is 1.54. The third-order valence-electron chi connectivity index (χ3n) is 1.25. The topological polar surface area (TPSA) is 72.5 Å². The molecule has 0 aromatic carbocycles. The van der Waals surface area contributed by atoms with Gasteiger partial charge in [-0.05, 0) is 6.92 Å². The highest BCUT2D eigenvalue weighted by Crippen LogP contribution is 1.95. The van der Waals surface area contributed by atoms with E-state index in [1.807, 2.05) is 0 Å². The second-order valence-corrected chi connectivity index (χ2v) is 2.18. The van der Waals surface area contributed by atoms with Crippen LogP contribution in [0.5, 0.6) is 0 Å². The zero-order valence-electron chi connectivity index (χ0n) is 6.20. The zero-order valence-corrected chi connectivity index (χ0v) is 6.20. The van der Waals surface area contributed by atoms with E-state index in [-0.39, 0.29) is 6.42 Å². The van der Waals surface area contributed by atoms with Gasteiger partial charge < -0.3 is 15.6 Å². The van der Waals surface area contributed by atoms with Crippen molar-refractivity contribution in [2.24, 2.45) is 5.73 Å². The molecule has 2 atom stereocenters. The quantitative estimate of drug-likeness (QED) is 0.515. The third kappa shape index (κ3) is 3.42. The van der Waals surface area contributed by atoms with Gasteiger partial charge in [0.05, 0.1) is 19.6 Å². The van der Waals surface area contributed by atoms with E-state index in [4.69, 9.17) is 10.8 Å². The molecule has 60 valence electrons. The lowest BCUT2D eigenvalue weighted by Crippen LogP contribution is -2.34. The predicted molar refractivity (Wildman–Crippen MR) is 36.3 cm³/mol. The first-order chi connectivity index (χ1) is 4.57. The zero-order chi connectivity index (χ0) is 8.15. The lowest BCUT2D eigenvalue weighted by atomic mass is 10.1. The van der Waals surface area contributed by atoms with Gasteiger partial charge in [-0.1, -0.05) is 0 Å². The predicted octanol–water partition coefficient (Wildman–Crippen LogP) is -0.742. The van der Waals surface area contributed by atoms with E-state index in [0.29, 0.717) is 0 Å². The molecule has 0 heterocycles. The molecule has 0 radical (unpaired) electrons. The summed E-state index contributed by atoms with van der Waals surface area (Å²) in [4.78, 5) is 10.5. The summed E-state index contributed by atoms with van der Waals surface area (Å²) in [7, 11) is 1.29. The maximum atomic E-state index is 10.5. The normalized spacial score (nSPS) is 16.0. The maximum Gasteiger partial charge on any atom is 0.307 e. The first-order valence-corrected chi connectivity index (χ1v) is 3.08. The van der Waals surface area contributed by atoms with Crippen molar-refractivity contribution in [1.82, 2.24) is 0 Å². The molecule has 10 heavy (non-hydrogen) atoms. The van der Waals surface area contributed by atoms with E-state index in [9.17, 15) is 4.79 Å². The van der Waals surface area contributed by atoms with Crippen LogP contribution in [-0.2, 0) is 9.53 Å². The first kappa shape index (κ1) is 9.39. The maximum absolute atomic E-state index is 10.5. The summed E-state index contributed by atoms with van der Waals surface area (Å²) >= 11 is 0. The largest absolute Gasteiger partial charge is 0.469 e. The highest BCUT2D eigenvalue weighted by molar-refractivity contribution is 5.69. The molecule has 0 fully saturated rings. The minimum atomic E-state index is -0.668. The van der Waals surface area contributed by atoms with Gasteiger partial charge in [-0.3, -0.25) is 4.79 Å². The van der Waals surface area contributed by atoms with Crippen LogP contribution >= 0.6 is 0 Å². The highest BCUT2D eigenvalue weighted by Gasteiger charge is 2.13. The minimum Gasteiger partial charge on any atom is -0.469 e. The molecule has 0 saturated heterocycles. The number of carbonyl (C=O) groups is 1. The molecule has 0 spiro atoms. The molecule has 0 aliphatic rings. The van der Waals surface area contributed by atoms with Crippen molar-refractivity contribution in [2.45, 2.75) is 25.5 Å². The fourth-order valence-corrected chi connectivity index (χ4v) is 0.446. The van der Waals surface area contributed by atoms with Gasteiger partial charge in [-0.2, -0.15) is 0 Å². The number of methoxy groups -OCH3 is 1. The Morgan fingerprint density at radius 2 is 2.30 bits per heavy atom. The number of carbonyl (C=O) groups excluding carboxylic acids is 1. The molecule has 1 unspecified atom stereocenters. The van der Waals surface area contributed by atoms with Crippen molar-refractivity contribution in [2.75, 3.05) is 7.11 Å². The van der Waals surface area contributed by atoms with Crippen molar-refractivity contribution in [3.8, 4) is 0 Å². The van der Waals surface area contributed by atoms with E-state index < -0.39 is 18.1 Å². The Balaban J connectivity index is 3.57. The summed E-state index contributed by atoms with van der Waals surface area (Å²) in [5, 5.41) is 8.83. The molecule has 0 rings (SSSR count). The van der Waals surface area contributed by atoms with Gasteiger partial charge in [0.15, 0.2) is 0 Å². The second kappa shape index (κ2) is 4.24. The molecule has 4 nitrogen and oxygen atoms in total. The molecular weight excluding hydrogens is 134 g/mol. The summed E-state index contributed by atoms with van der Waals surface area (Å²) in [5.41, 5.74) is 5.34. The van der Waals surface area contributed by atoms with Crippen LogP contribution in [0, 0.1) is 0 Å². The number of hydrogen-bond donors (Lipinski definition) is 2. The van der Waals surface area contributed by atoms with Gasteiger partial charge in [0.1, 0.15) is 0 Å². The molecule has 0 saturated carbocycles. The molecule has 4 heteroatoms. The van der Waals surface area contributed by atoms with Crippen LogP contribution in [0.2, 0.25) is 0 Å². The number of aliphatic hydroxyl groups excluding tert-OH is 1. The van der Waals surface area contributed by atoms with Gasteiger partial charge in [-0.25, -0.2) is 0 Å². The Morgan fingerprint density at radius 3 is 2.60 bits per heavy atom. The Hall–Kier alpha value is -0.610. The van der Waals surface area contributed by atoms with Crippen molar-refractivity contribution in [3.63, 3.8) is 0 Å². The smallest absolute Gasteiger partial charge is 0.307 e. The Morgan fingerprint density at radius 1 is 1.80 bits per heavy atom. The number of esters is 1. The number of nitrogens with two attached hydrogens (primary N) is 1. The fraction of sp³-hybridized carbons (Fsp3) is 0.833. The molecule has 0 aromatic heterocycles. The summed E-state index contributed by atoms with van der Waals surface area (Å²) in [6, 6.07) is -0.521. The van der Waals surface area contributed by atoms with Crippen LogP contribution in [0.4, 0.5) is 0 Å². The molecular formula is C6H13NO3. The van der Waals surface area contributed by atoms with Crippen molar-refractivity contribution in [1.29, 1.82) is 0 Å². The van der Waals surface area contributed by atoms with Crippen LogP contribution in [-0.4, -0.2) is 30.3 Å². The van der Waals surface area contributed by atoms with E-state index in [1.165, 1.54) is 14.0 Å². The number of aliphatic hydroxyl groups is 1. The van der Waals surface area contributed by atoms with Crippen molar-refractivity contribution in [3.05, 3.63) is 0 Å². The molecule has 0 aromatic rings. The van der Waals surface area contributed by atoms with Crippen LogP contribution in [0.25, 0.3) is 0 Å². The van der Waals surface area contributed by atoms with Crippen molar-refractivity contribution < 1.29 is 14.6 Å². The highest BCUT2D eigenvalue weighted by atomic mass is 16.5. The SMILES string of the molecule is COC(=O)C[C@H](N)C(C)O. The van der Waals surface area contributed by atoms with Crippen LogP contribution in [0.1, 0.15) is 13.3 Å². The fourth-order valence-electron chi connectivity index (χ4n) is 0.446. The van der Waals surface area contributed by atoms with Crippen LogP contribution < -0.4 is 5.73 Å². The van der Waals surface area contributed by atoms with Gasteiger partial charge in [0.25, 0.3) is 0 Å². The minimum absolute atomic E-state index is 0.0637. The Labute approximate surface area is 60.0 Å². The lowest BCUT2D eigenvalue weighted by molar-refractivity contribution is -0.141. The summed E-state index contributed by atoms with van der Waals surface area (Å²) in [6.07, 6.45) is -0.604. The lowest BCUT2D eigenvalue weighted by Gasteiger charge is -2.11. The van der Waals surface area contributed by atoms with Crippen molar-refractivity contribution >= 4 is 5.97 Å².